The molecule has 2 aromatic rings. The molecule has 0 atom stereocenters. The summed E-state index contributed by atoms with van der Waals surface area (Å²) in [6, 6.07) is 13.7. The number of aryl methyl sites for hydroxylation is 2. The standard InChI is InChI=1S/C21H26N2O2S/c1-15-5-10-19(13-16(15)2)26-12-11-20(24)23(4)14-17-6-8-18(9-7-17)21(25)22-3/h5-10,13H,11-12,14H2,1-4H3,(H,22,25). The van der Waals surface area contributed by atoms with E-state index in [0.717, 1.165) is 11.3 Å². The SMILES string of the molecule is CNC(=O)c1ccc(CN(C)C(=O)CCSc2ccc(C)c(C)c2)cc1. The van der Waals surface area contributed by atoms with E-state index in [4.69, 9.17) is 0 Å². The fraction of sp³-hybridized carbons (Fsp3) is 0.333. The Balaban J connectivity index is 1.81. The van der Waals surface area contributed by atoms with E-state index < -0.39 is 0 Å². The Kier molecular flexibility index (Phi) is 7.27. The summed E-state index contributed by atoms with van der Waals surface area (Å²) in [5.41, 5.74) is 4.19. The number of hydrogen-bond acceptors (Lipinski definition) is 3. The number of hydrogen-bond donors (Lipinski definition) is 1. The third-order valence-corrected chi connectivity index (χ3v) is 5.35. The first-order valence-electron chi connectivity index (χ1n) is 8.65. The highest BCUT2D eigenvalue weighted by molar-refractivity contribution is 7.99. The van der Waals surface area contributed by atoms with E-state index in [1.807, 2.05) is 19.2 Å². The van der Waals surface area contributed by atoms with Crippen LogP contribution in [-0.4, -0.2) is 36.6 Å². The van der Waals surface area contributed by atoms with E-state index in [0.29, 0.717) is 18.5 Å². The van der Waals surface area contributed by atoms with Crippen LogP contribution in [0, 0.1) is 13.8 Å². The van der Waals surface area contributed by atoms with Crippen LogP contribution in [0.1, 0.15) is 33.5 Å². The zero-order valence-electron chi connectivity index (χ0n) is 15.8. The molecule has 0 aliphatic carbocycles. The van der Waals surface area contributed by atoms with Crippen molar-refractivity contribution in [2.45, 2.75) is 31.7 Å². The molecule has 0 heterocycles. The highest BCUT2D eigenvalue weighted by Gasteiger charge is 2.10. The second kappa shape index (κ2) is 9.43. The van der Waals surface area contributed by atoms with Crippen molar-refractivity contribution in [3.8, 4) is 0 Å². The number of amides is 2. The summed E-state index contributed by atoms with van der Waals surface area (Å²) in [7, 11) is 3.42. The minimum absolute atomic E-state index is 0.107. The third-order valence-electron chi connectivity index (χ3n) is 4.35. The molecule has 0 spiro atoms. The largest absolute Gasteiger partial charge is 0.355 e. The van der Waals surface area contributed by atoms with E-state index in [-0.39, 0.29) is 11.8 Å². The molecule has 0 aliphatic rings. The van der Waals surface area contributed by atoms with Crippen molar-refractivity contribution in [3.63, 3.8) is 0 Å². The average Bonchev–Trinajstić information content (AvgIpc) is 2.64. The molecule has 2 aromatic carbocycles. The van der Waals surface area contributed by atoms with Crippen molar-refractivity contribution in [2.75, 3.05) is 19.8 Å². The van der Waals surface area contributed by atoms with Crippen LogP contribution < -0.4 is 5.32 Å². The van der Waals surface area contributed by atoms with Crippen LogP contribution in [-0.2, 0) is 11.3 Å². The van der Waals surface area contributed by atoms with Crippen molar-refractivity contribution < 1.29 is 9.59 Å². The Morgan fingerprint density at radius 1 is 1.04 bits per heavy atom. The summed E-state index contributed by atoms with van der Waals surface area (Å²) in [6.45, 7) is 4.75. The second-order valence-electron chi connectivity index (χ2n) is 6.37. The summed E-state index contributed by atoms with van der Waals surface area (Å²) in [6.07, 6.45) is 0.504. The van der Waals surface area contributed by atoms with Crippen LogP contribution >= 0.6 is 11.8 Å². The average molecular weight is 371 g/mol. The Labute approximate surface area is 160 Å². The molecule has 1 N–H and O–H groups in total. The van der Waals surface area contributed by atoms with Crippen molar-refractivity contribution >= 4 is 23.6 Å². The maximum Gasteiger partial charge on any atom is 0.251 e. The summed E-state index contributed by atoms with van der Waals surface area (Å²) in [5.74, 6) is 0.780. The van der Waals surface area contributed by atoms with Gasteiger partial charge in [-0.25, -0.2) is 0 Å². The molecule has 0 saturated heterocycles. The number of benzene rings is 2. The molecule has 138 valence electrons. The van der Waals surface area contributed by atoms with Gasteiger partial charge in [-0.3, -0.25) is 9.59 Å². The molecule has 0 bridgehead atoms. The minimum Gasteiger partial charge on any atom is -0.355 e. The highest BCUT2D eigenvalue weighted by Crippen LogP contribution is 2.22. The number of nitrogens with one attached hydrogen (secondary N) is 1. The van der Waals surface area contributed by atoms with Gasteiger partial charge in [0.15, 0.2) is 0 Å². The Hall–Kier alpha value is -2.27. The Bertz CT molecular complexity index is 772. The van der Waals surface area contributed by atoms with Crippen molar-refractivity contribution in [2.24, 2.45) is 0 Å². The van der Waals surface area contributed by atoms with Gasteiger partial charge in [-0.1, -0.05) is 18.2 Å². The van der Waals surface area contributed by atoms with Crippen LogP contribution in [0.2, 0.25) is 0 Å². The molecule has 0 saturated carbocycles. The third kappa shape index (κ3) is 5.63. The van der Waals surface area contributed by atoms with E-state index in [2.05, 4.69) is 37.4 Å². The van der Waals surface area contributed by atoms with Gasteiger partial charge in [0.25, 0.3) is 5.91 Å². The van der Waals surface area contributed by atoms with Gasteiger partial charge >= 0.3 is 0 Å². The fourth-order valence-electron chi connectivity index (χ4n) is 2.52. The van der Waals surface area contributed by atoms with Crippen LogP contribution in [0.4, 0.5) is 0 Å². The molecule has 26 heavy (non-hydrogen) atoms. The van der Waals surface area contributed by atoms with Crippen LogP contribution in [0.25, 0.3) is 0 Å². The van der Waals surface area contributed by atoms with Gasteiger partial charge in [-0.05, 0) is 54.8 Å². The second-order valence-corrected chi connectivity index (χ2v) is 7.54. The fourth-order valence-corrected chi connectivity index (χ4v) is 3.46. The molecular formula is C21H26N2O2S. The quantitative estimate of drug-likeness (QED) is 0.754. The lowest BCUT2D eigenvalue weighted by molar-refractivity contribution is -0.129. The van der Waals surface area contributed by atoms with E-state index in [1.54, 1.807) is 35.8 Å². The zero-order chi connectivity index (χ0) is 19.1. The number of thioether (sulfide) groups is 1. The zero-order valence-corrected chi connectivity index (χ0v) is 16.7. The van der Waals surface area contributed by atoms with E-state index in [1.165, 1.54) is 16.0 Å². The van der Waals surface area contributed by atoms with Gasteiger partial charge < -0.3 is 10.2 Å². The number of rotatable bonds is 7. The van der Waals surface area contributed by atoms with Gasteiger partial charge in [-0.2, -0.15) is 0 Å². The Morgan fingerprint density at radius 3 is 2.35 bits per heavy atom. The molecule has 0 unspecified atom stereocenters. The first-order valence-corrected chi connectivity index (χ1v) is 9.64. The van der Waals surface area contributed by atoms with Crippen LogP contribution in [0.5, 0.6) is 0 Å². The smallest absolute Gasteiger partial charge is 0.251 e. The monoisotopic (exact) mass is 370 g/mol. The maximum atomic E-state index is 12.3. The van der Waals surface area contributed by atoms with Crippen molar-refractivity contribution in [3.05, 3.63) is 64.7 Å². The van der Waals surface area contributed by atoms with Crippen molar-refractivity contribution in [1.82, 2.24) is 10.2 Å². The van der Waals surface area contributed by atoms with Gasteiger partial charge in [-0.15, -0.1) is 11.8 Å². The first kappa shape index (κ1) is 20.0. The van der Waals surface area contributed by atoms with E-state index in [9.17, 15) is 9.59 Å². The molecule has 0 fully saturated rings. The summed E-state index contributed by atoms with van der Waals surface area (Å²) >= 11 is 1.71. The van der Waals surface area contributed by atoms with Gasteiger partial charge in [0, 0.05) is 43.3 Å². The number of carbonyl (C=O) groups excluding carboxylic acids is 2. The summed E-state index contributed by atoms with van der Waals surface area (Å²) < 4.78 is 0. The summed E-state index contributed by atoms with van der Waals surface area (Å²) in [4.78, 5) is 26.8. The molecule has 4 nitrogen and oxygen atoms in total. The molecule has 5 heteroatoms. The lowest BCUT2D eigenvalue weighted by Crippen LogP contribution is -2.26. The van der Waals surface area contributed by atoms with Crippen molar-refractivity contribution in [1.29, 1.82) is 0 Å². The molecule has 0 aliphatic heterocycles. The molecule has 2 amide bonds. The normalized spacial score (nSPS) is 10.5. The Morgan fingerprint density at radius 2 is 1.73 bits per heavy atom. The van der Waals surface area contributed by atoms with Gasteiger partial charge in [0.2, 0.25) is 5.91 Å². The molecular weight excluding hydrogens is 344 g/mol. The summed E-state index contributed by atoms with van der Waals surface area (Å²) in [5, 5.41) is 2.60. The predicted molar refractivity (Wildman–Crippen MR) is 108 cm³/mol. The maximum absolute atomic E-state index is 12.3. The lowest BCUT2D eigenvalue weighted by Gasteiger charge is -2.17. The molecule has 0 radical (unpaired) electrons. The van der Waals surface area contributed by atoms with Gasteiger partial charge in [0.1, 0.15) is 0 Å². The first-order chi connectivity index (χ1) is 12.4. The number of nitrogens with zero attached hydrogens (tertiary/aromatic N) is 1. The van der Waals surface area contributed by atoms with Gasteiger partial charge in [0.05, 0.1) is 0 Å². The van der Waals surface area contributed by atoms with E-state index >= 15 is 0 Å². The van der Waals surface area contributed by atoms with Crippen LogP contribution in [0.3, 0.4) is 0 Å². The highest BCUT2D eigenvalue weighted by atomic mass is 32.2. The minimum atomic E-state index is -0.107. The lowest BCUT2D eigenvalue weighted by atomic mass is 10.1. The molecule has 2 rings (SSSR count). The predicted octanol–water partition coefficient (Wildman–Crippen LogP) is 3.80. The number of carbonyl (C=O) groups is 2. The molecule has 0 aromatic heterocycles. The topological polar surface area (TPSA) is 49.4 Å². The van der Waals surface area contributed by atoms with Crippen LogP contribution in [0.15, 0.2) is 47.4 Å².